The maximum atomic E-state index is 6.37. The lowest BCUT2D eigenvalue weighted by atomic mass is 9.98. The quantitative estimate of drug-likeness (QED) is 0.837. The van der Waals surface area contributed by atoms with Crippen LogP contribution in [0.2, 0.25) is 0 Å². The van der Waals surface area contributed by atoms with Crippen molar-refractivity contribution in [3.8, 4) is 5.75 Å². The van der Waals surface area contributed by atoms with Crippen LogP contribution in [0.4, 0.5) is 0 Å². The molecule has 1 unspecified atom stereocenters. The number of benzene rings is 1. The SMILES string of the molecule is CC1=NC(Oc2c(C)cc(C)cc2C)(C(C)C)C=C(Cl)N1. The maximum Gasteiger partial charge on any atom is 0.226 e. The zero-order valence-corrected chi connectivity index (χ0v) is 14.3. The van der Waals surface area contributed by atoms with Crippen LogP contribution in [0.1, 0.15) is 37.5 Å². The van der Waals surface area contributed by atoms with E-state index in [2.05, 4.69) is 57.1 Å². The average Bonchev–Trinajstić information content (AvgIpc) is 2.32. The summed E-state index contributed by atoms with van der Waals surface area (Å²) in [4.78, 5) is 4.69. The molecule has 1 aliphatic heterocycles. The van der Waals surface area contributed by atoms with Crippen molar-refractivity contribution in [2.24, 2.45) is 10.9 Å². The predicted molar refractivity (Wildman–Crippen MR) is 89.0 cm³/mol. The van der Waals surface area contributed by atoms with E-state index in [0.29, 0.717) is 5.16 Å². The minimum absolute atomic E-state index is 0.156. The molecule has 1 heterocycles. The van der Waals surface area contributed by atoms with Crippen molar-refractivity contribution in [3.63, 3.8) is 0 Å². The van der Waals surface area contributed by atoms with Crippen LogP contribution < -0.4 is 10.1 Å². The monoisotopic (exact) mass is 306 g/mol. The first kappa shape index (κ1) is 15.9. The second kappa shape index (κ2) is 5.72. The Labute approximate surface area is 132 Å². The van der Waals surface area contributed by atoms with Crippen LogP contribution in [-0.2, 0) is 0 Å². The number of nitrogens with one attached hydrogen (secondary N) is 1. The highest BCUT2D eigenvalue weighted by Gasteiger charge is 2.37. The number of halogens is 1. The van der Waals surface area contributed by atoms with E-state index in [4.69, 9.17) is 16.3 Å². The van der Waals surface area contributed by atoms with E-state index in [0.717, 1.165) is 22.7 Å². The Morgan fingerprint density at radius 2 is 1.71 bits per heavy atom. The lowest BCUT2D eigenvalue weighted by Crippen LogP contribution is -2.44. The van der Waals surface area contributed by atoms with Crippen LogP contribution in [0.15, 0.2) is 28.4 Å². The van der Waals surface area contributed by atoms with E-state index in [1.54, 1.807) is 0 Å². The first-order chi connectivity index (χ1) is 9.73. The maximum absolute atomic E-state index is 6.37. The lowest BCUT2D eigenvalue weighted by molar-refractivity contribution is 0.0756. The third kappa shape index (κ3) is 3.24. The smallest absolute Gasteiger partial charge is 0.226 e. The number of aryl methyl sites for hydroxylation is 3. The minimum atomic E-state index is -0.767. The first-order valence-electron chi connectivity index (χ1n) is 7.22. The van der Waals surface area contributed by atoms with Crippen molar-refractivity contribution >= 4 is 17.4 Å². The third-order valence-electron chi connectivity index (χ3n) is 3.67. The molecule has 21 heavy (non-hydrogen) atoms. The van der Waals surface area contributed by atoms with Gasteiger partial charge in [-0.05, 0) is 38.8 Å². The summed E-state index contributed by atoms with van der Waals surface area (Å²) in [7, 11) is 0. The summed E-state index contributed by atoms with van der Waals surface area (Å²) in [5.41, 5.74) is 2.69. The standard InChI is InChI=1S/C17H23ClN2O/c1-10(2)17(9-15(18)19-14(6)20-17)21-16-12(4)7-11(3)8-13(16)5/h7-10H,1-6H3,(H,19,20). The molecule has 2 rings (SSSR count). The van der Waals surface area contributed by atoms with Gasteiger partial charge in [-0.1, -0.05) is 43.1 Å². The minimum Gasteiger partial charge on any atom is -0.462 e. The fourth-order valence-corrected chi connectivity index (χ4v) is 2.96. The lowest BCUT2D eigenvalue weighted by Gasteiger charge is -2.36. The van der Waals surface area contributed by atoms with Crippen molar-refractivity contribution in [3.05, 3.63) is 40.1 Å². The number of hydrogen-bond acceptors (Lipinski definition) is 3. The van der Waals surface area contributed by atoms with Crippen LogP contribution in [0.25, 0.3) is 0 Å². The molecule has 0 amide bonds. The van der Waals surface area contributed by atoms with Crippen molar-refractivity contribution in [1.29, 1.82) is 0 Å². The van der Waals surface area contributed by atoms with Crippen LogP contribution in [0.3, 0.4) is 0 Å². The van der Waals surface area contributed by atoms with Crippen molar-refractivity contribution in [2.75, 3.05) is 0 Å². The van der Waals surface area contributed by atoms with E-state index in [1.165, 1.54) is 5.56 Å². The molecule has 0 fully saturated rings. The van der Waals surface area contributed by atoms with Gasteiger partial charge in [-0.25, -0.2) is 4.99 Å². The van der Waals surface area contributed by atoms with Gasteiger partial charge in [0, 0.05) is 12.0 Å². The van der Waals surface area contributed by atoms with E-state index in [-0.39, 0.29) is 5.92 Å². The molecule has 1 atom stereocenters. The summed E-state index contributed by atoms with van der Waals surface area (Å²) in [5.74, 6) is 1.80. The van der Waals surface area contributed by atoms with Gasteiger partial charge in [0.1, 0.15) is 16.7 Å². The summed E-state index contributed by atoms with van der Waals surface area (Å²) in [6.07, 6.45) is 1.85. The normalized spacial score (nSPS) is 21.7. The second-order valence-electron chi connectivity index (χ2n) is 6.05. The van der Waals surface area contributed by atoms with Crippen LogP contribution in [-0.4, -0.2) is 11.6 Å². The number of amidine groups is 1. The van der Waals surface area contributed by atoms with Crippen molar-refractivity contribution in [1.82, 2.24) is 5.32 Å². The van der Waals surface area contributed by atoms with Gasteiger partial charge >= 0.3 is 0 Å². The zero-order valence-electron chi connectivity index (χ0n) is 13.5. The molecule has 0 aliphatic carbocycles. The van der Waals surface area contributed by atoms with Gasteiger partial charge in [-0.3, -0.25) is 0 Å². The summed E-state index contributed by atoms with van der Waals surface area (Å²) >= 11 is 6.20. The fourth-order valence-electron chi connectivity index (χ4n) is 2.67. The molecular formula is C17H23ClN2O. The summed E-state index contributed by atoms with van der Waals surface area (Å²) in [6.45, 7) is 12.3. The van der Waals surface area contributed by atoms with Gasteiger partial charge < -0.3 is 10.1 Å². The largest absolute Gasteiger partial charge is 0.462 e. The van der Waals surface area contributed by atoms with Crippen LogP contribution in [0, 0.1) is 26.7 Å². The number of ether oxygens (including phenoxy) is 1. The molecule has 1 aromatic carbocycles. The van der Waals surface area contributed by atoms with E-state index in [9.17, 15) is 0 Å². The Bertz CT molecular complexity index is 576. The van der Waals surface area contributed by atoms with Crippen molar-refractivity contribution in [2.45, 2.75) is 47.3 Å². The van der Waals surface area contributed by atoms with Gasteiger partial charge in [0.15, 0.2) is 0 Å². The number of nitrogens with zero attached hydrogens (tertiary/aromatic N) is 1. The van der Waals surface area contributed by atoms with Gasteiger partial charge in [0.2, 0.25) is 5.72 Å². The summed E-state index contributed by atoms with van der Waals surface area (Å²) < 4.78 is 6.37. The molecule has 0 radical (unpaired) electrons. The molecule has 114 valence electrons. The summed E-state index contributed by atoms with van der Waals surface area (Å²) in [6, 6.07) is 4.25. The fraction of sp³-hybridized carbons (Fsp3) is 0.471. The molecule has 3 nitrogen and oxygen atoms in total. The Balaban J connectivity index is 2.50. The number of aliphatic imine (C=N–C) groups is 1. The molecule has 1 N–H and O–H groups in total. The third-order valence-corrected chi connectivity index (χ3v) is 3.88. The first-order valence-corrected chi connectivity index (χ1v) is 7.60. The Kier molecular flexibility index (Phi) is 4.33. The van der Waals surface area contributed by atoms with Gasteiger partial charge in [0.05, 0.1) is 0 Å². The molecule has 1 aromatic rings. The molecule has 0 bridgehead atoms. The predicted octanol–water partition coefficient (Wildman–Crippen LogP) is 4.44. The molecule has 0 saturated heterocycles. The number of rotatable bonds is 3. The number of hydrogen-bond donors (Lipinski definition) is 1. The Morgan fingerprint density at radius 1 is 1.14 bits per heavy atom. The molecule has 0 saturated carbocycles. The second-order valence-corrected chi connectivity index (χ2v) is 6.46. The highest BCUT2D eigenvalue weighted by atomic mass is 35.5. The Morgan fingerprint density at radius 3 is 2.19 bits per heavy atom. The van der Waals surface area contributed by atoms with Crippen LogP contribution in [0.5, 0.6) is 5.75 Å². The highest BCUT2D eigenvalue weighted by molar-refractivity contribution is 6.30. The van der Waals surface area contributed by atoms with Gasteiger partial charge in [-0.2, -0.15) is 0 Å². The molecular weight excluding hydrogens is 284 g/mol. The van der Waals surface area contributed by atoms with E-state index in [1.807, 2.05) is 13.0 Å². The molecule has 1 aliphatic rings. The van der Waals surface area contributed by atoms with Gasteiger partial charge in [-0.15, -0.1) is 0 Å². The molecule has 0 aromatic heterocycles. The van der Waals surface area contributed by atoms with E-state index >= 15 is 0 Å². The van der Waals surface area contributed by atoms with Gasteiger partial charge in [0.25, 0.3) is 0 Å². The Hall–Kier alpha value is -1.48. The molecule has 4 heteroatoms. The summed E-state index contributed by atoms with van der Waals surface area (Å²) in [5, 5.41) is 3.56. The average molecular weight is 307 g/mol. The van der Waals surface area contributed by atoms with Crippen molar-refractivity contribution < 1.29 is 4.74 Å². The van der Waals surface area contributed by atoms with Crippen LogP contribution >= 0.6 is 11.6 Å². The zero-order chi connectivity index (χ0) is 15.8. The highest BCUT2D eigenvalue weighted by Crippen LogP contribution is 2.35. The van der Waals surface area contributed by atoms with E-state index < -0.39 is 5.72 Å². The molecule has 0 spiro atoms. The topological polar surface area (TPSA) is 33.6 Å².